The maximum Gasteiger partial charge on any atom is 0.257 e. The second-order valence-corrected chi connectivity index (χ2v) is 5.82. The predicted octanol–water partition coefficient (Wildman–Crippen LogP) is 4.00. The molecule has 0 aliphatic carbocycles. The van der Waals surface area contributed by atoms with Crippen LogP contribution in [0.1, 0.15) is 11.1 Å². The van der Waals surface area contributed by atoms with Gasteiger partial charge < -0.3 is 4.98 Å². The lowest BCUT2D eigenvalue weighted by molar-refractivity contribution is 0.625. The summed E-state index contributed by atoms with van der Waals surface area (Å²) in [5.74, 6) is -0.220. The molecular weight excluding hydrogens is 303 g/mol. The molecule has 0 unspecified atom stereocenters. The zero-order chi connectivity index (χ0) is 16.5. The van der Waals surface area contributed by atoms with Gasteiger partial charge >= 0.3 is 0 Å². The van der Waals surface area contributed by atoms with E-state index < -0.39 is 0 Å². The first-order valence-corrected chi connectivity index (χ1v) is 7.85. The van der Waals surface area contributed by atoms with Gasteiger partial charge in [-0.1, -0.05) is 30.3 Å². The number of hydrogen-bond donors (Lipinski definition) is 1. The molecule has 4 heteroatoms. The van der Waals surface area contributed by atoms with E-state index in [1.165, 1.54) is 6.07 Å². The van der Waals surface area contributed by atoms with E-state index in [-0.39, 0.29) is 11.4 Å². The molecule has 0 aliphatic rings. The van der Waals surface area contributed by atoms with E-state index in [9.17, 15) is 9.18 Å². The lowest BCUT2D eigenvalue weighted by Gasteiger charge is -2.09. The minimum atomic E-state index is -0.220. The number of pyridine rings is 2. The number of nitrogens with zero attached hydrogens (tertiary/aromatic N) is 1. The second kappa shape index (κ2) is 5.89. The average Bonchev–Trinajstić information content (AvgIpc) is 2.60. The molecule has 24 heavy (non-hydrogen) atoms. The zero-order valence-corrected chi connectivity index (χ0v) is 12.9. The Morgan fingerprint density at radius 2 is 1.79 bits per heavy atom. The van der Waals surface area contributed by atoms with E-state index in [1.807, 2.05) is 36.4 Å². The van der Waals surface area contributed by atoms with Gasteiger partial charge in [0.2, 0.25) is 0 Å². The molecule has 2 heterocycles. The quantitative estimate of drug-likeness (QED) is 0.580. The van der Waals surface area contributed by atoms with Crippen LogP contribution in [-0.2, 0) is 12.8 Å². The molecule has 0 spiro atoms. The molecule has 0 radical (unpaired) electrons. The monoisotopic (exact) mass is 318 g/mol. The normalized spacial score (nSPS) is 11.2. The van der Waals surface area contributed by atoms with Gasteiger partial charge in [0.1, 0.15) is 11.5 Å². The Morgan fingerprint density at radius 3 is 2.62 bits per heavy atom. The summed E-state index contributed by atoms with van der Waals surface area (Å²) in [6.07, 6.45) is 3.18. The van der Waals surface area contributed by atoms with Crippen molar-refractivity contribution in [3.8, 4) is 0 Å². The summed E-state index contributed by atoms with van der Waals surface area (Å²) in [7, 11) is 0. The number of H-pyrrole nitrogens is 1. The van der Waals surface area contributed by atoms with E-state index in [1.54, 1.807) is 18.3 Å². The minimum absolute atomic E-state index is 0.132. The van der Waals surface area contributed by atoms with Crippen molar-refractivity contribution in [1.82, 2.24) is 9.97 Å². The minimum Gasteiger partial charge on any atom is -0.306 e. The topological polar surface area (TPSA) is 45.8 Å². The van der Waals surface area contributed by atoms with Crippen LogP contribution in [0.25, 0.3) is 21.8 Å². The summed E-state index contributed by atoms with van der Waals surface area (Å²) in [5.41, 5.74) is 2.51. The van der Waals surface area contributed by atoms with Crippen LogP contribution in [-0.4, -0.2) is 9.97 Å². The van der Waals surface area contributed by atoms with Crippen molar-refractivity contribution in [3.63, 3.8) is 0 Å². The molecule has 2 aromatic carbocycles. The number of aryl methyl sites for hydroxylation is 2. The number of rotatable bonds is 3. The number of nitrogens with one attached hydrogen (secondary N) is 1. The first kappa shape index (κ1) is 14.6. The van der Waals surface area contributed by atoms with Crippen LogP contribution in [0.3, 0.4) is 0 Å². The highest BCUT2D eigenvalue weighted by Crippen LogP contribution is 2.24. The van der Waals surface area contributed by atoms with Gasteiger partial charge in [-0.05, 0) is 53.6 Å². The summed E-state index contributed by atoms with van der Waals surface area (Å²) in [6.45, 7) is 0. The number of halogens is 1. The Morgan fingerprint density at radius 1 is 0.958 bits per heavy atom. The van der Waals surface area contributed by atoms with Crippen LogP contribution in [0.2, 0.25) is 0 Å². The molecular formula is C20H15FN2O. The highest BCUT2D eigenvalue weighted by atomic mass is 19.1. The molecule has 0 saturated carbocycles. The third-order valence-electron chi connectivity index (χ3n) is 4.28. The Hall–Kier alpha value is -3.01. The summed E-state index contributed by atoms with van der Waals surface area (Å²) in [5, 5.41) is 2.52. The number of benzene rings is 2. The van der Waals surface area contributed by atoms with Gasteiger partial charge in [-0.3, -0.25) is 4.79 Å². The maximum atomic E-state index is 13.3. The Kier molecular flexibility index (Phi) is 3.58. The lowest BCUT2D eigenvalue weighted by Crippen LogP contribution is -2.08. The SMILES string of the molecule is O=c1[nH]c2nccc(CCc3cccc(F)c3)c2c2ccccc12. The molecule has 2 aromatic heterocycles. The van der Waals surface area contributed by atoms with Crippen molar-refractivity contribution >= 4 is 21.8 Å². The smallest absolute Gasteiger partial charge is 0.257 e. The van der Waals surface area contributed by atoms with Crippen LogP contribution in [0.15, 0.2) is 65.6 Å². The zero-order valence-electron chi connectivity index (χ0n) is 12.9. The summed E-state index contributed by atoms with van der Waals surface area (Å²) < 4.78 is 13.3. The van der Waals surface area contributed by atoms with E-state index in [0.717, 1.165) is 34.7 Å². The fourth-order valence-corrected chi connectivity index (χ4v) is 3.15. The number of aromatic amines is 1. The van der Waals surface area contributed by atoms with Crippen molar-refractivity contribution in [2.45, 2.75) is 12.8 Å². The molecule has 0 amide bonds. The van der Waals surface area contributed by atoms with Crippen molar-refractivity contribution in [1.29, 1.82) is 0 Å². The molecule has 118 valence electrons. The van der Waals surface area contributed by atoms with Gasteiger partial charge in [0.25, 0.3) is 5.56 Å². The highest BCUT2D eigenvalue weighted by Gasteiger charge is 2.10. The van der Waals surface area contributed by atoms with Gasteiger partial charge in [-0.25, -0.2) is 9.37 Å². The molecule has 4 rings (SSSR count). The van der Waals surface area contributed by atoms with Gasteiger partial charge in [0.05, 0.1) is 0 Å². The van der Waals surface area contributed by atoms with Gasteiger partial charge in [-0.15, -0.1) is 0 Å². The largest absolute Gasteiger partial charge is 0.306 e. The molecule has 0 aliphatic heterocycles. The summed E-state index contributed by atoms with van der Waals surface area (Å²) >= 11 is 0. The number of hydrogen-bond acceptors (Lipinski definition) is 2. The van der Waals surface area contributed by atoms with Gasteiger partial charge in [0.15, 0.2) is 0 Å². The number of aromatic nitrogens is 2. The molecule has 0 saturated heterocycles. The maximum absolute atomic E-state index is 13.3. The molecule has 1 N–H and O–H groups in total. The van der Waals surface area contributed by atoms with E-state index >= 15 is 0 Å². The standard InChI is InChI=1S/C20H15FN2O/c21-15-5-3-4-13(12-15)8-9-14-10-11-22-19-18(14)16-6-1-2-7-17(16)20(24)23-19/h1-7,10-12H,8-9H2,(H,22,23,24). The predicted molar refractivity (Wildman–Crippen MR) is 93.7 cm³/mol. The van der Waals surface area contributed by atoms with Crippen LogP contribution < -0.4 is 5.56 Å². The number of fused-ring (bicyclic) bond motifs is 3. The third kappa shape index (κ3) is 2.56. The fraction of sp³-hybridized carbons (Fsp3) is 0.100. The Balaban J connectivity index is 1.83. The fourth-order valence-electron chi connectivity index (χ4n) is 3.15. The van der Waals surface area contributed by atoms with Crippen molar-refractivity contribution < 1.29 is 4.39 Å². The van der Waals surface area contributed by atoms with E-state index in [2.05, 4.69) is 9.97 Å². The lowest BCUT2D eigenvalue weighted by atomic mass is 9.99. The summed E-state index contributed by atoms with van der Waals surface area (Å²) in [4.78, 5) is 19.3. The first-order chi connectivity index (χ1) is 11.7. The molecule has 4 aromatic rings. The average molecular weight is 318 g/mol. The molecule has 0 fully saturated rings. The van der Waals surface area contributed by atoms with Crippen LogP contribution >= 0.6 is 0 Å². The van der Waals surface area contributed by atoms with Gasteiger partial charge in [0, 0.05) is 17.0 Å². The second-order valence-electron chi connectivity index (χ2n) is 5.82. The van der Waals surface area contributed by atoms with E-state index in [4.69, 9.17) is 0 Å². The molecule has 0 atom stereocenters. The Bertz CT molecular complexity index is 1100. The Labute approximate surface area is 137 Å². The van der Waals surface area contributed by atoms with Crippen LogP contribution in [0.5, 0.6) is 0 Å². The highest BCUT2D eigenvalue weighted by molar-refractivity contribution is 6.05. The van der Waals surface area contributed by atoms with Crippen molar-refractivity contribution in [2.24, 2.45) is 0 Å². The molecule has 3 nitrogen and oxygen atoms in total. The third-order valence-corrected chi connectivity index (χ3v) is 4.28. The van der Waals surface area contributed by atoms with Crippen molar-refractivity contribution in [3.05, 3.63) is 88.1 Å². The molecule has 0 bridgehead atoms. The first-order valence-electron chi connectivity index (χ1n) is 7.85. The summed E-state index contributed by atoms with van der Waals surface area (Å²) in [6, 6.07) is 16.2. The van der Waals surface area contributed by atoms with Crippen LogP contribution in [0.4, 0.5) is 4.39 Å². The van der Waals surface area contributed by atoms with Crippen LogP contribution in [0, 0.1) is 5.82 Å². The van der Waals surface area contributed by atoms with E-state index in [0.29, 0.717) is 11.0 Å². The van der Waals surface area contributed by atoms with Crippen molar-refractivity contribution in [2.75, 3.05) is 0 Å². The van der Waals surface area contributed by atoms with Gasteiger partial charge in [-0.2, -0.15) is 0 Å².